The number of hydrogen-bond acceptors (Lipinski definition) is 7. The Morgan fingerprint density at radius 1 is 1.30 bits per heavy atom. The molecule has 178 valence electrons. The number of ether oxygens (including phenoxy) is 1. The van der Waals surface area contributed by atoms with Gasteiger partial charge in [-0.2, -0.15) is 9.40 Å². The summed E-state index contributed by atoms with van der Waals surface area (Å²) in [5.41, 5.74) is -0.0221. The molecule has 2 heterocycles. The number of anilines is 1. The van der Waals surface area contributed by atoms with E-state index in [9.17, 15) is 22.8 Å². The van der Waals surface area contributed by atoms with Crippen LogP contribution in [0.15, 0.2) is 34.1 Å². The fourth-order valence-corrected chi connectivity index (χ4v) is 5.55. The van der Waals surface area contributed by atoms with Crippen LogP contribution in [0, 0.1) is 12.8 Å². The van der Waals surface area contributed by atoms with E-state index in [-0.39, 0.29) is 33.7 Å². The molecule has 10 nitrogen and oxygen atoms in total. The molecule has 1 atom stereocenters. The number of halogens is 2. The zero-order valence-electron chi connectivity index (χ0n) is 17.9. The van der Waals surface area contributed by atoms with Crippen molar-refractivity contribution in [1.29, 1.82) is 0 Å². The summed E-state index contributed by atoms with van der Waals surface area (Å²) in [6, 6.07) is 4.45. The van der Waals surface area contributed by atoms with Gasteiger partial charge in [0, 0.05) is 18.8 Å². The fourth-order valence-electron chi connectivity index (χ4n) is 3.51. The summed E-state index contributed by atoms with van der Waals surface area (Å²) in [6.45, 7) is 1.49. The number of benzene rings is 1. The lowest BCUT2D eigenvalue weighted by atomic mass is 10.0. The maximum Gasteiger partial charge on any atom is 0.309 e. The van der Waals surface area contributed by atoms with Crippen molar-refractivity contribution >= 4 is 50.8 Å². The number of nitrogens with one attached hydrogen (secondary N) is 1. The van der Waals surface area contributed by atoms with Crippen molar-refractivity contribution in [2.45, 2.75) is 31.2 Å². The van der Waals surface area contributed by atoms with Crippen molar-refractivity contribution in [3.8, 4) is 0 Å². The van der Waals surface area contributed by atoms with Crippen molar-refractivity contribution < 1.29 is 22.7 Å². The van der Waals surface area contributed by atoms with Crippen molar-refractivity contribution in [3.05, 3.63) is 50.4 Å². The van der Waals surface area contributed by atoms with E-state index in [1.54, 1.807) is 19.1 Å². The van der Waals surface area contributed by atoms with Crippen molar-refractivity contribution in [2.24, 2.45) is 5.92 Å². The second-order valence-electron chi connectivity index (χ2n) is 7.52. The average Bonchev–Trinajstić information content (AvgIpc) is 2.80. The van der Waals surface area contributed by atoms with Gasteiger partial charge < -0.3 is 10.1 Å². The molecule has 0 bridgehead atoms. The fraction of sp³-hybridized carbons (Fsp3) is 0.400. The maximum absolute atomic E-state index is 13.3. The number of carbonyl (C=O) groups is 2. The Kier molecular flexibility index (Phi) is 7.78. The molecule has 0 aliphatic carbocycles. The van der Waals surface area contributed by atoms with Gasteiger partial charge in [-0.1, -0.05) is 29.3 Å². The Labute approximate surface area is 200 Å². The highest BCUT2D eigenvalue weighted by Gasteiger charge is 2.34. The number of aromatic nitrogens is 2. The van der Waals surface area contributed by atoms with Crippen LogP contribution in [-0.2, 0) is 30.9 Å². The third kappa shape index (κ3) is 5.55. The third-order valence-corrected chi connectivity index (χ3v) is 8.00. The van der Waals surface area contributed by atoms with Crippen molar-refractivity contribution in [3.63, 3.8) is 0 Å². The summed E-state index contributed by atoms with van der Waals surface area (Å²) in [4.78, 5) is 36.4. The quantitative estimate of drug-likeness (QED) is 0.581. The van der Waals surface area contributed by atoms with E-state index in [2.05, 4.69) is 10.4 Å². The van der Waals surface area contributed by atoms with E-state index < -0.39 is 39.9 Å². The molecule has 0 radical (unpaired) electrons. The molecule has 1 aliphatic heterocycles. The van der Waals surface area contributed by atoms with Gasteiger partial charge in [-0.15, -0.1) is 0 Å². The van der Waals surface area contributed by atoms with Crippen LogP contribution < -0.4 is 10.9 Å². The van der Waals surface area contributed by atoms with Gasteiger partial charge in [0.1, 0.15) is 11.6 Å². The highest BCUT2D eigenvalue weighted by atomic mass is 35.5. The summed E-state index contributed by atoms with van der Waals surface area (Å²) >= 11 is 11.5. The van der Waals surface area contributed by atoms with E-state index in [0.717, 1.165) is 10.9 Å². The molecule has 1 aromatic heterocycles. The van der Waals surface area contributed by atoms with Crippen LogP contribution in [0.25, 0.3) is 0 Å². The molecule has 1 aliphatic rings. The predicted octanol–water partition coefficient (Wildman–Crippen LogP) is 2.07. The van der Waals surface area contributed by atoms with Crippen LogP contribution in [0.4, 0.5) is 5.69 Å². The van der Waals surface area contributed by atoms with E-state index >= 15 is 0 Å². The van der Waals surface area contributed by atoms with Gasteiger partial charge >= 0.3 is 5.97 Å². The topological polar surface area (TPSA) is 128 Å². The molecule has 1 N–H and O–H groups in total. The van der Waals surface area contributed by atoms with Crippen molar-refractivity contribution in [1.82, 2.24) is 14.1 Å². The number of sulfonamides is 1. The van der Waals surface area contributed by atoms with Crippen LogP contribution in [0.1, 0.15) is 18.4 Å². The number of amides is 1. The number of rotatable bonds is 6. The number of piperidine rings is 1. The van der Waals surface area contributed by atoms with Crippen LogP contribution in [0.3, 0.4) is 0 Å². The standard InChI is InChI=1S/C20H22Cl2N4O6S/c1-12-5-6-14(24-17(27)11-26-19(28)18(22)15(21)9-23-26)8-16(12)33(30,31)25-7-3-4-13(10-25)20(29)32-2/h5-6,8-9,13H,3-4,7,10-11H2,1-2H3,(H,24,27). The van der Waals surface area contributed by atoms with Gasteiger partial charge in [-0.25, -0.2) is 13.1 Å². The molecule has 2 aromatic rings. The van der Waals surface area contributed by atoms with E-state index in [4.69, 9.17) is 27.9 Å². The first-order chi connectivity index (χ1) is 15.5. The van der Waals surface area contributed by atoms with Crippen LogP contribution in [0.5, 0.6) is 0 Å². The number of hydrogen-bond donors (Lipinski definition) is 1. The molecule has 13 heteroatoms. The lowest BCUT2D eigenvalue weighted by Crippen LogP contribution is -2.42. The summed E-state index contributed by atoms with van der Waals surface area (Å²) in [7, 11) is -2.66. The highest BCUT2D eigenvalue weighted by Crippen LogP contribution is 2.28. The summed E-state index contributed by atoms with van der Waals surface area (Å²) in [5, 5.41) is 6.04. The third-order valence-electron chi connectivity index (χ3n) is 5.24. The summed E-state index contributed by atoms with van der Waals surface area (Å²) < 4.78 is 33.4. The average molecular weight is 517 g/mol. The van der Waals surface area contributed by atoms with Gasteiger partial charge in [-0.05, 0) is 37.5 Å². The Morgan fingerprint density at radius 3 is 2.73 bits per heavy atom. The summed E-state index contributed by atoms with van der Waals surface area (Å²) in [6.07, 6.45) is 2.23. The lowest BCUT2D eigenvalue weighted by molar-refractivity contribution is -0.146. The van der Waals surface area contributed by atoms with E-state index in [1.807, 2.05) is 0 Å². The Hall–Kier alpha value is -2.47. The van der Waals surface area contributed by atoms with E-state index in [1.165, 1.54) is 17.5 Å². The van der Waals surface area contributed by atoms with Gasteiger partial charge in [0.25, 0.3) is 5.56 Å². The zero-order valence-corrected chi connectivity index (χ0v) is 20.2. The molecule has 1 aromatic carbocycles. The monoisotopic (exact) mass is 516 g/mol. The first kappa shape index (κ1) is 25.2. The van der Waals surface area contributed by atoms with E-state index in [0.29, 0.717) is 18.4 Å². The minimum atomic E-state index is -3.93. The second-order valence-corrected chi connectivity index (χ2v) is 10.2. The van der Waals surface area contributed by atoms with Crippen LogP contribution in [-0.4, -0.2) is 54.6 Å². The maximum atomic E-state index is 13.3. The molecular weight excluding hydrogens is 495 g/mol. The molecule has 0 saturated carbocycles. The zero-order chi connectivity index (χ0) is 24.3. The Morgan fingerprint density at radius 2 is 2.03 bits per heavy atom. The smallest absolute Gasteiger partial charge is 0.309 e. The number of nitrogens with zero attached hydrogens (tertiary/aromatic N) is 3. The molecule has 1 fully saturated rings. The van der Waals surface area contributed by atoms with Gasteiger partial charge in [0.05, 0.1) is 29.1 Å². The Balaban J connectivity index is 1.80. The first-order valence-corrected chi connectivity index (χ1v) is 12.1. The highest BCUT2D eigenvalue weighted by molar-refractivity contribution is 7.89. The van der Waals surface area contributed by atoms with Gasteiger partial charge in [0.15, 0.2) is 0 Å². The first-order valence-electron chi connectivity index (χ1n) is 9.94. The Bertz CT molecular complexity index is 1250. The number of esters is 1. The normalized spacial score (nSPS) is 16.9. The molecule has 1 unspecified atom stereocenters. The molecule has 3 rings (SSSR count). The number of aryl methyl sites for hydroxylation is 1. The van der Waals surface area contributed by atoms with Crippen LogP contribution >= 0.6 is 23.2 Å². The second kappa shape index (κ2) is 10.2. The molecular formula is C20H22Cl2N4O6S. The minimum absolute atomic E-state index is 0.00986. The largest absolute Gasteiger partial charge is 0.469 e. The van der Waals surface area contributed by atoms with Gasteiger partial charge in [0.2, 0.25) is 15.9 Å². The predicted molar refractivity (Wildman–Crippen MR) is 122 cm³/mol. The molecule has 1 saturated heterocycles. The number of methoxy groups -OCH3 is 1. The number of carbonyl (C=O) groups excluding carboxylic acids is 2. The molecule has 0 spiro atoms. The lowest BCUT2D eigenvalue weighted by Gasteiger charge is -2.31. The molecule has 33 heavy (non-hydrogen) atoms. The van der Waals surface area contributed by atoms with Crippen molar-refractivity contribution in [2.75, 3.05) is 25.5 Å². The summed E-state index contributed by atoms with van der Waals surface area (Å²) in [5.74, 6) is -1.59. The molecule has 1 amide bonds. The minimum Gasteiger partial charge on any atom is -0.469 e. The SMILES string of the molecule is COC(=O)C1CCCN(S(=O)(=O)c2cc(NC(=O)Cn3ncc(Cl)c(Cl)c3=O)ccc2C)C1. The van der Waals surface area contributed by atoms with Crippen LogP contribution in [0.2, 0.25) is 10.0 Å². The van der Waals surface area contributed by atoms with Gasteiger partial charge in [-0.3, -0.25) is 14.4 Å².